The van der Waals surface area contributed by atoms with Gasteiger partial charge in [0.05, 0.1) is 13.1 Å². The van der Waals surface area contributed by atoms with Crippen LogP contribution in [0.1, 0.15) is 0 Å². The number of nitrogens with zero attached hydrogens (tertiary/aromatic N) is 1. The maximum absolute atomic E-state index is 11.6. The van der Waals surface area contributed by atoms with E-state index in [-0.39, 0.29) is 5.11 Å². The highest BCUT2D eigenvalue weighted by atomic mass is 32.1. The van der Waals surface area contributed by atoms with Gasteiger partial charge in [0, 0.05) is 6.21 Å². The molecule has 0 aromatic rings. The highest BCUT2D eigenvalue weighted by Crippen LogP contribution is 1.98. The van der Waals surface area contributed by atoms with E-state index in [2.05, 4.69) is 20.9 Å². The molecule has 2 saturated heterocycles. The van der Waals surface area contributed by atoms with Gasteiger partial charge in [-0.25, -0.2) is 0 Å². The molecule has 2 aliphatic heterocycles. The number of carbonyl (C=O) groups excluding carboxylic acids is 2. The fraction of sp³-hybridized carbons (Fsp3) is 0.636. The Morgan fingerprint density at radius 2 is 1.95 bits per heavy atom. The third-order valence-electron chi connectivity index (χ3n) is 3.29. The number of nitrogens with one attached hydrogen (secondary N) is 3. The summed E-state index contributed by atoms with van der Waals surface area (Å²) in [5, 5.41) is 7.20. The van der Waals surface area contributed by atoms with Crippen molar-refractivity contribution in [3.63, 3.8) is 0 Å². The molecule has 0 aromatic carbocycles. The molecular weight excluding hydrogens is 266 g/mol. The van der Waals surface area contributed by atoms with E-state index in [0.29, 0.717) is 6.54 Å². The van der Waals surface area contributed by atoms with Crippen LogP contribution >= 0.6 is 12.2 Å². The van der Waals surface area contributed by atoms with Gasteiger partial charge in [-0.1, -0.05) is 0 Å². The number of carbonyl (C=O) groups is 2. The molecule has 8 heteroatoms. The molecule has 19 heavy (non-hydrogen) atoms. The van der Waals surface area contributed by atoms with E-state index < -0.39 is 17.7 Å². The van der Waals surface area contributed by atoms with Crippen LogP contribution in [0.2, 0.25) is 0 Å². The third kappa shape index (κ3) is 4.05. The zero-order chi connectivity index (χ0) is 13.7. The van der Waals surface area contributed by atoms with E-state index in [1.54, 1.807) is 0 Å². The SMILES string of the molecule is O=C1NC(=S)NC(=O)C1C=NCC[NH+]1CC[NH2+]CC1. The fourth-order valence-corrected chi connectivity index (χ4v) is 2.40. The Kier molecular flexibility index (Phi) is 4.94. The molecular formula is C11H19N5O2S+2. The van der Waals surface area contributed by atoms with Crippen molar-refractivity contribution in [2.45, 2.75) is 0 Å². The summed E-state index contributed by atoms with van der Waals surface area (Å²) in [7, 11) is 0. The van der Waals surface area contributed by atoms with Crippen LogP contribution in [-0.4, -0.2) is 62.4 Å². The van der Waals surface area contributed by atoms with Crippen molar-refractivity contribution >= 4 is 35.4 Å². The van der Waals surface area contributed by atoms with E-state index in [4.69, 9.17) is 12.2 Å². The van der Waals surface area contributed by atoms with Crippen molar-refractivity contribution < 1.29 is 19.8 Å². The fourth-order valence-electron chi connectivity index (χ4n) is 2.20. The Balaban J connectivity index is 1.76. The number of quaternary nitrogens is 2. The molecule has 2 heterocycles. The predicted molar refractivity (Wildman–Crippen MR) is 73.0 cm³/mol. The molecule has 0 saturated carbocycles. The number of rotatable bonds is 4. The van der Waals surface area contributed by atoms with Crippen LogP contribution in [-0.2, 0) is 9.59 Å². The third-order valence-corrected chi connectivity index (χ3v) is 3.50. The number of thiocarbonyl (C=S) groups is 1. The largest absolute Gasteiger partial charge is 0.337 e. The molecule has 0 aromatic heterocycles. The quantitative estimate of drug-likeness (QED) is 0.239. The van der Waals surface area contributed by atoms with E-state index in [1.807, 2.05) is 0 Å². The summed E-state index contributed by atoms with van der Waals surface area (Å²) >= 11 is 4.72. The predicted octanol–water partition coefficient (Wildman–Crippen LogP) is -4.33. The van der Waals surface area contributed by atoms with Gasteiger partial charge in [-0.2, -0.15) is 0 Å². The van der Waals surface area contributed by atoms with Crippen molar-refractivity contribution in [3.05, 3.63) is 0 Å². The van der Waals surface area contributed by atoms with Gasteiger partial charge in [-0.05, 0) is 12.2 Å². The topological polar surface area (TPSA) is 91.6 Å². The molecule has 2 fully saturated rings. The van der Waals surface area contributed by atoms with Crippen LogP contribution in [0.5, 0.6) is 0 Å². The summed E-state index contributed by atoms with van der Waals surface area (Å²) in [6, 6.07) is 0. The minimum absolute atomic E-state index is 0.0636. The van der Waals surface area contributed by atoms with Crippen LogP contribution in [0.4, 0.5) is 0 Å². The molecule has 5 N–H and O–H groups in total. The maximum atomic E-state index is 11.6. The average molecular weight is 285 g/mol. The van der Waals surface area contributed by atoms with Crippen LogP contribution in [0.25, 0.3) is 0 Å². The van der Waals surface area contributed by atoms with Gasteiger partial charge in [-0.15, -0.1) is 0 Å². The van der Waals surface area contributed by atoms with Crippen molar-refractivity contribution in [3.8, 4) is 0 Å². The van der Waals surface area contributed by atoms with Crippen molar-refractivity contribution in [1.29, 1.82) is 0 Å². The van der Waals surface area contributed by atoms with Crippen molar-refractivity contribution in [2.24, 2.45) is 10.9 Å². The standard InChI is InChI=1S/C11H17N5O2S/c17-9-8(10(18)15-11(19)14-9)7-13-3-6-16-4-1-12-2-5-16/h7-8,12H,1-6H2,(H2,14,15,17,18,19)/p+2. The summed E-state index contributed by atoms with van der Waals surface area (Å²) in [6.45, 7) is 6.19. The Morgan fingerprint density at radius 1 is 1.32 bits per heavy atom. The average Bonchev–Trinajstić information content (AvgIpc) is 2.38. The Bertz CT molecular complexity index is 386. The summed E-state index contributed by atoms with van der Waals surface area (Å²) in [6.07, 6.45) is 1.42. The van der Waals surface area contributed by atoms with Gasteiger partial charge in [0.25, 0.3) is 0 Å². The van der Waals surface area contributed by atoms with Gasteiger partial charge in [0.1, 0.15) is 26.2 Å². The minimum atomic E-state index is -0.864. The number of piperazine rings is 1. The zero-order valence-corrected chi connectivity index (χ0v) is 11.5. The van der Waals surface area contributed by atoms with E-state index in [9.17, 15) is 9.59 Å². The van der Waals surface area contributed by atoms with Gasteiger partial charge in [0.2, 0.25) is 11.8 Å². The molecule has 0 aliphatic carbocycles. The summed E-state index contributed by atoms with van der Waals surface area (Å²) in [5.74, 6) is -1.67. The zero-order valence-electron chi connectivity index (χ0n) is 10.6. The lowest BCUT2D eigenvalue weighted by molar-refractivity contribution is -0.945. The van der Waals surface area contributed by atoms with E-state index in [1.165, 1.54) is 11.1 Å². The highest BCUT2D eigenvalue weighted by Gasteiger charge is 2.30. The first-order chi connectivity index (χ1) is 9.16. The van der Waals surface area contributed by atoms with Crippen LogP contribution in [0.3, 0.4) is 0 Å². The second-order valence-electron chi connectivity index (χ2n) is 4.71. The smallest absolute Gasteiger partial charge is 0.244 e. The molecule has 7 nitrogen and oxygen atoms in total. The van der Waals surface area contributed by atoms with Gasteiger partial charge < -0.3 is 20.9 Å². The molecule has 0 bridgehead atoms. The molecule has 0 radical (unpaired) electrons. The summed E-state index contributed by atoms with van der Waals surface area (Å²) in [5.41, 5.74) is 0. The Morgan fingerprint density at radius 3 is 2.58 bits per heavy atom. The minimum Gasteiger partial charge on any atom is -0.337 e. The van der Waals surface area contributed by atoms with Crippen LogP contribution < -0.4 is 20.9 Å². The number of hydrogen-bond acceptors (Lipinski definition) is 4. The Hall–Kier alpha value is -1.38. The number of nitrogens with two attached hydrogens (primary N) is 1. The molecule has 0 unspecified atom stereocenters. The lowest BCUT2D eigenvalue weighted by atomic mass is 10.1. The van der Waals surface area contributed by atoms with Gasteiger partial charge in [-0.3, -0.25) is 14.6 Å². The molecule has 2 rings (SSSR count). The summed E-state index contributed by atoms with van der Waals surface area (Å²) < 4.78 is 0. The van der Waals surface area contributed by atoms with Crippen molar-refractivity contribution in [1.82, 2.24) is 10.6 Å². The van der Waals surface area contributed by atoms with Crippen LogP contribution in [0, 0.1) is 5.92 Å². The first kappa shape index (κ1) is 14.0. The molecule has 2 amide bonds. The number of aliphatic imine (C=N–C) groups is 1. The van der Waals surface area contributed by atoms with Gasteiger partial charge >= 0.3 is 0 Å². The number of amides is 2. The monoisotopic (exact) mass is 285 g/mol. The number of hydrogen-bond donors (Lipinski definition) is 4. The van der Waals surface area contributed by atoms with E-state index in [0.717, 1.165) is 32.7 Å². The second kappa shape index (κ2) is 6.69. The molecule has 0 atom stereocenters. The highest BCUT2D eigenvalue weighted by molar-refractivity contribution is 7.80. The van der Waals surface area contributed by atoms with Crippen LogP contribution in [0.15, 0.2) is 4.99 Å². The van der Waals surface area contributed by atoms with Gasteiger partial charge in [0.15, 0.2) is 11.0 Å². The second-order valence-corrected chi connectivity index (χ2v) is 5.11. The normalized spacial score (nSPS) is 22.6. The molecule has 104 valence electrons. The van der Waals surface area contributed by atoms with Crippen molar-refractivity contribution in [2.75, 3.05) is 39.3 Å². The Labute approximate surface area is 116 Å². The lowest BCUT2D eigenvalue weighted by Gasteiger charge is -2.21. The maximum Gasteiger partial charge on any atom is 0.244 e. The molecule has 0 spiro atoms. The molecule has 2 aliphatic rings. The summed E-state index contributed by atoms with van der Waals surface area (Å²) in [4.78, 5) is 28.8. The first-order valence-corrected chi connectivity index (χ1v) is 6.88. The van der Waals surface area contributed by atoms with E-state index >= 15 is 0 Å². The first-order valence-electron chi connectivity index (χ1n) is 6.47. The lowest BCUT2D eigenvalue weighted by Crippen LogP contribution is -3.20.